The van der Waals surface area contributed by atoms with Gasteiger partial charge in [0, 0.05) is 11.5 Å². The fraction of sp³-hybridized carbons (Fsp3) is 0.263. The fourth-order valence-electron chi connectivity index (χ4n) is 2.28. The van der Waals surface area contributed by atoms with E-state index in [9.17, 15) is 9.59 Å². The van der Waals surface area contributed by atoms with Gasteiger partial charge in [-0.2, -0.15) is 0 Å². The first-order chi connectivity index (χ1) is 11.6. The number of hydroxylamine groups is 1. The minimum Gasteiger partial charge on any atom is -0.464 e. The summed E-state index contributed by atoms with van der Waals surface area (Å²) < 4.78 is 5.07. The Morgan fingerprint density at radius 1 is 1.00 bits per heavy atom. The van der Waals surface area contributed by atoms with Crippen molar-refractivity contribution < 1.29 is 19.2 Å². The lowest BCUT2D eigenvalue weighted by molar-refractivity contribution is -0.162. The van der Waals surface area contributed by atoms with Gasteiger partial charge in [-0.3, -0.25) is 9.63 Å². The molecule has 1 N–H and O–H groups in total. The number of ether oxygens (including phenoxy) is 1. The van der Waals surface area contributed by atoms with Gasteiger partial charge in [-0.15, -0.1) is 0 Å². The molecule has 0 heterocycles. The van der Waals surface area contributed by atoms with Crippen LogP contribution in [0.2, 0.25) is 0 Å². The van der Waals surface area contributed by atoms with Gasteiger partial charge >= 0.3 is 5.97 Å². The first-order valence-electron chi connectivity index (χ1n) is 7.86. The van der Waals surface area contributed by atoms with E-state index in [0.29, 0.717) is 5.56 Å². The molecule has 2 rings (SSSR count). The molecular weight excluding hydrogens is 306 g/mol. The summed E-state index contributed by atoms with van der Waals surface area (Å²) in [6.45, 7) is 3.82. The molecule has 0 aliphatic rings. The Kier molecular flexibility index (Phi) is 6.51. The first-order valence-corrected chi connectivity index (χ1v) is 7.86. The van der Waals surface area contributed by atoms with Crippen molar-refractivity contribution in [1.29, 1.82) is 0 Å². The number of esters is 1. The van der Waals surface area contributed by atoms with Gasteiger partial charge in [-0.25, -0.2) is 10.3 Å². The second kappa shape index (κ2) is 8.84. The zero-order valence-electron chi connectivity index (χ0n) is 13.8. The molecule has 2 aromatic carbocycles. The zero-order chi connectivity index (χ0) is 17.4. The van der Waals surface area contributed by atoms with Crippen LogP contribution in [0.25, 0.3) is 0 Å². The van der Waals surface area contributed by atoms with Crippen molar-refractivity contribution in [3.8, 4) is 0 Å². The highest BCUT2D eigenvalue weighted by Gasteiger charge is 2.30. The van der Waals surface area contributed by atoms with Crippen molar-refractivity contribution >= 4 is 11.9 Å². The van der Waals surface area contributed by atoms with Crippen LogP contribution in [0.3, 0.4) is 0 Å². The van der Waals surface area contributed by atoms with E-state index in [4.69, 9.17) is 9.57 Å². The summed E-state index contributed by atoms with van der Waals surface area (Å²) in [5.41, 5.74) is 3.72. The molecule has 126 valence electrons. The molecule has 1 amide bonds. The average Bonchev–Trinajstić information content (AvgIpc) is 2.63. The van der Waals surface area contributed by atoms with Crippen molar-refractivity contribution in [2.75, 3.05) is 6.61 Å². The smallest absolute Gasteiger partial charge is 0.338 e. The SMILES string of the molecule is CCOC(=O)[C@@H](ONC(=O)c1ccccc1)[C@@H](C)c1ccccc1. The summed E-state index contributed by atoms with van der Waals surface area (Å²) in [6.07, 6.45) is -0.931. The van der Waals surface area contributed by atoms with Crippen molar-refractivity contribution in [1.82, 2.24) is 5.48 Å². The van der Waals surface area contributed by atoms with Crippen LogP contribution < -0.4 is 5.48 Å². The minimum atomic E-state index is -0.931. The molecule has 24 heavy (non-hydrogen) atoms. The number of carbonyl (C=O) groups excluding carboxylic acids is 2. The number of carbonyl (C=O) groups is 2. The summed E-state index contributed by atoms with van der Waals surface area (Å²) in [7, 11) is 0. The summed E-state index contributed by atoms with van der Waals surface area (Å²) in [5.74, 6) is -1.20. The van der Waals surface area contributed by atoms with E-state index < -0.39 is 18.0 Å². The van der Waals surface area contributed by atoms with E-state index in [-0.39, 0.29) is 12.5 Å². The molecule has 2 aromatic rings. The molecule has 0 unspecified atom stereocenters. The van der Waals surface area contributed by atoms with Crippen molar-refractivity contribution in [3.63, 3.8) is 0 Å². The second-order valence-electron chi connectivity index (χ2n) is 5.29. The number of hydrogen-bond acceptors (Lipinski definition) is 4. The lowest BCUT2D eigenvalue weighted by atomic mass is 9.95. The molecule has 0 aliphatic carbocycles. The predicted molar refractivity (Wildman–Crippen MR) is 90.3 cm³/mol. The van der Waals surface area contributed by atoms with E-state index in [1.165, 1.54) is 0 Å². The van der Waals surface area contributed by atoms with Gasteiger partial charge in [-0.05, 0) is 24.6 Å². The van der Waals surface area contributed by atoms with Crippen LogP contribution in [-0.4, -0.2) is 24.6 Å². The van der Waals surface area contributed by atoms with Gasteiger partial charge in [-0.1, -0.05) is 55.5 Å². The van der Waals surface area contributed by atoms with Crippen LogP contribution in [0.5, 0.6) is 0 Å². The molecule has 0 spiro atoms. The molecule has 0 radical (unpaired) electrons. The molecule has 0 bridgehead atoms. The van der Waals surface area contributed by atoms with Crippen molar-refractivity contribution in [3.05, 3.63) is 71.8 Å². The van der Waals surface area contributed by atoms with Crippen LogP contribution in [0.15, 0.2) is 60.7 Å². The Morgan fingerprint density at radius 3 is 2.17 bits per heavy atom. The molecule has 0 fully saturated rings. The molecule has 0 aromatic heterocycles. The van der Waals surface area contributed by atoms with Crippen LogP contribution in [0.4, 0.5) is 0 Å². The van der Waals surface area contributed by atoms with Gasteiger partial charge in [0.1, 0.15) is 0 Å². The van der Waals surface area contributed by atoms with Crippen LogP contribution in [0.1, 0.15) is 35.7 Å². The van der Waals surface area contributed by atoms with Crippen molar-refractivity contribution in [2.45, 2.75) is 25.9 Å². The maximum Gasteiger partial charge on any atom is 0.338 e. The third-order valence-corrected chi connectivity index (χ3v) is 3.61. The van der Waals surface area contributed by atoms with Gasteiger partial charge in [0.15, 0.2) is 6.10 Å². The lowest BCUT2D eigenvalue weighted by Gasteiger charge is -2.22. The Balaban J connectivity index is 2.09. The van der Waals surface area contributed by atoms with E-state index >= 15 is 0 Å². The predicted octanol–water partition coefficient (Wildman–Crippen LogP) is 3.08. The molecular formula is C19H21NO4. The number of benzene rings is 2. The van der Waals surface area contributed by atoms with Crippen LogP contribution in [-0.2, 0) is 14.4 Å². The first kappa shape index (κ1) is 17.7. The van der Waals surface area contributed by atoms with Crippen molar-refractivity contribution in [2.24, 2.45) is 0 Å². The molecule has 0 aliphatic heterocycles. The normalized spacial score (nSPS) is 12.9. The Hall–Kier alpha value is -2.66. The summed E-state index contributed by atoms with van der Waals surface area (Å²) in [6, 6.07) is 18.1. The highest BCUT2D eigenvalue weighted by atomic mass is 16.7. The van der Waals surface area contributed by atoms with E-state index in [2.05, 4.69) is 5.48 Å². The maximum atomic E-state index is 12.2. The summed E-state index contributed by atoms with van der Waals surface area (Å²) >= 11 is 0. The van der Waals surface area contributed by atoms with E-state index in [1.54, 1.807) is 31.2 Å². The number of rotatable bonds is 7. The quantitative estimate of drug-likeness (QED) is 0.627. The van der Waals surface area contributed by atoms with E-state index in [0.717, 1.165) is 5.56 Å². The molecule has 5 nitrogen and oxygen atoms in total. The monoisotopic (exact) mass is 327 g/mol. The second-order valence-corrected chi connectivity index (χ2v) is 5.29. The third kappa shape index (κ3) is 4.67. The molecule has 0 saturated heterocycles. The van der Waals surface area contributed by atoms with Gasteiger partial charge in [0.2, 0.25) is 0 Å². The maximum absolute atomic E-state index is 12.2. The van der Waals surface area contributed by atoms with E-state index in [1.807, 2.05) is 43.3 Å². The average molecular weight is 327 g/mol. The Labute approximate surface area is 141 Å². The zero-order valence-corrected chi connectivity index (χ0v) is 13.8. The third-order valence-electron chi connectivity index (χ3n) is 3.61. The topological polar surface area (TPSA) is 64.6 Å². The summed E-state index contributed by atoms with van der Waals surface area (Å²) in [5, 5.41) is 0. The molecule has 0 saturated carbocycles. The lowest BCUT2D eigenvalue weighted by Crippen LogP contribution is -2.38. The Morgan fingerprint density at radius 2 is 1.58 bits per heavy atom. The largest absolute Gasteiger partial charge is 0.464 e. The Bertz CT molecular complexity index is 658. The minimum absolute atomic E-state index is 0.243. The highest BCUT2D eigenvalue weighted by molar-refractivity contribution is 5.93. The molecule has 2 atom stereocenters. The van der Waals surface area contributed by atoms with Gasteiger partial charge in [0.05, 0.1) is 6.61 Å². The number of nitrogens with one attached hydrogen (secondary N) is 1. The number of hydrogen-bond donors (Lipinski definition) is 1. The standard InChI is InChI=1S/C19H21NO4/c1-3-23-19(22)17(14(2)15-10-6-4-7-11-15)24-20-18(21)16-12-8-5-9-13-16/h4-14,17H,3H2,1-2H3,(H,20,21)/t14-,17-/m0/s1. The number of amides is 1. The highest BCUT2D eigenvalue weighted by Crippen LogP contribution is 2.22. The van der Waals surface area contributed by atoms with Crippen LogP contribution >= 0.6 is 0 Å². The van der Waals surface area contributed by atoms with Gasteiger partial charge in [0.25, 0.3) is 5.91 Å². The molecule has 5 heteroatoms. The fourth-order valence-corrected chi connectivity index (χ4v) is 2.28. The van der Waals surface area contributed by atoms with Gasteiger partial charge < -0.3 is 4.74 Å². The summed E-state index contributed by atoms with van der Waals surface area (Å²) in [4.78, 5) is 29.7. The van der Waals surface area contributed by atoms with Crippen LogP contribution in [0, 0.1) is 0 Å².